The molecule has 0 atom stereocenters. The number of hydrogen-bond donors (Lipinski definition) is 2. The van der Waals surface area contributed by atoms with Crippen molar-refractivity contribution in [2.45, 2.75) is 168 Å². The van der Waals surface area contributed by atoms with Crippen molar-refractivity contribution in [1.29, 1.82) is 0 Å². The van der Waals surface area contributed by atoms with Crippen molar-refractivity contribution in [3.05, 3.63) is 0 Å². The summed E-state index contributed by atoms with van der Waals surface area (Å²) in [5.74, 6) is -0.657. The third-order valence-corrected chi connectivity index (χ3v) is 6.05. The fraction of sp³-hybridized carbons (Fsp3) is 0.964. The van der Waals surface area contributed by atoms with Gasteiger partial charge in [-0.05, 0) is 19.4 Å². The number of carboxylic acid groups (broad SMARTS) is 1. The van der Waals surface area contributed by atoms with E-state index >= 15 is 0 Å². The molecule has 0 amide bonds. The van der Waals surface area contributed by atoms with E-state index in [1.165, 1.54) is 135 Å². The van der Waals surface area contributed by atoms with Gasteiger partial charge in [0.25, 0.3) is 0 Å². The zero-order valence-electron chi connectivity index (χ0n) is 21.6. The molecule has 0 aromatic carbocycles. The van der Waals surface area contributed by atoms with E-state index in [4.69, 9.17) is 10.8 Å². The van der Waals surface area contributed by atoms with Gasteiger partial charge in [0.1, 0.15) is 0 Å². The summed E-state index contributed by atoms with van der Waals surface area (Å²) in [4.78, 5) is 10.3. The SMILES string of the molecule is CCCCCCCCCCCCCC(=O)O.CCCCCCCCCCCCCCN. The lowest BCUT2D eigenvalue weighted by atomic mass is 10.1. The largest absolute Gasteiger partial charge is 0.481 e. The van der Waals surface area contributed by atoms with Crippen LogP contribution in [-0.2, 0) is 4.79 Å². The molecule has 0 aliphatic carbocycles. The minimum absolute atomic E-state index is 0.344. The molecule has 0 radical (unpaired) electrons. The fourth-order valence-corrected chi connectivity index (χ4v) is 3.93. The van der Waals surface area contributed by atoms with E-state index in [2.05, 4.69) is 13.8 Å². The standard InChI is InChI=1S/C14H31N.C14H28O2/c1-2-3-4-5-6-7-8-9-10-11-12-13-14-15;1-2-3-4-5-6-7-8-9-10-11-12-13-14(15)16/h2-15H2,1H3;2-13H2,1H3,(H,15,16). The zero-order chi connectivity index (χ0) is 23.3. The summed E-state index contributed by atoms with van der Waals surface area (Å²) in [6, 6.07) is 0. The summed E-state index contributed by atoms with van der Waals surface area (Å²) in [7, 11) is 0. The molecule has 0 aliphatic rings. The molecular formula is C28H59NO2. The highest BCUT2D eigenvalue weighted by molar-refractivity contribution is 5.66. The first-order valence-electron chi connectivity index (χ1n) is 14.1. The lowest BCUT2D eigenvalue weighted by Crippen LogP contribution is -1.97. The third kappa shape index (κ3) is 37.1. The van der Waals surface area contributed by atoms with Gasteiger partial charge >= 0.3 is 5.97 Å². The van der Waals surface area contributed by atoms with Gasteiger partial charge in [-0.15, -0.1) is 0 Å². The molecule has 0 heterocycles. The number of rotatable bonds is 24. The molecule has 0 bridgehead atoms. The Morgan fingerprint density at radius 1 is 0.484 bits per heavy atom. The molecule has 0 aliphatic heterocycles. The molecule has 0 saturated heterocycles. The minimum atomic E-state index is -0.657. The lowest BCUT2D eigenvalue weighted by Gasteiger charge is -2.01. The summed E-state index contributed by atoms with van der Waals surface area (Å²) in [6.45, 7) is 5.40. The Morgan fingerprint density at radius 3 is 1.00 bits per heavy atom. The van der Waals surface area contributed by atoms with Crippen LogP contribution in [0.25, 0.3) is 0 Å². The maximum absolute atomic E-state index is 10.3. The monoisotopic (exact) mass is 441 g/mol. The normalized spacial score (nSPS) is 10.7. The van der Waals surface area contributed by atoms with Crippen LogP contribution >= 0.6 is 0 Å². The molecule has 0 aromatic rings. The van der Waals surface area contributed by atoms with E-state index in [1.54, 1.807) is 0 Å². The summed E-state index contributed by atoms with van der Waals surface area (Å²) in [5, 5.41) is 8.46. The Kier molecular flexibility index (Phi) is 33.3. The van der Waals surface area contributed by atoms with Crippen LogP contribution in [0.5, 0.6) is 0 Å². The number of unbranched alkanes of at least 4 members (excludes halogenated alkanes) is 21. The van der Waals surface area contributed by atoms with Crippen LogP contribution in [0, 0.1) is 0 Å². The second-order valence-corrected chi connectivity index (χ2v) is 9.36. The maximum Gasteiger partial charge on any atom is 0.303 e. The van der Waals surface area contributed by atoms with Crippen LogP contribution in [0.1, 0.15) is 168 Å². The number of nitrogens with two attached hydrogens (primary N) is 1. The van der Waals surface area contributed by atoms with Crippen molar-refractivity contribution < 1.29 is 9.90 Å². The molecule has 0 rings (SSSR count). The summed E-state index contributed by atoms with van der Waals surface area (Å²) in [6.07, 6.45) is 31.3. The first kappa shape index (κ1) is 32.6. The molecule has 0 unspecified atom stereocenters. The van der Waals surface area contributed by atoms with E-state index < -0.39 is 5.97 Å². The van der Waals surface area contributed by atoms with Gasteiger partial charge < -0.3 is 10.8 Å². The quantitative estimate of drug-likeness (QED) is 0.147. The lowest BCUT2D eigenvalue weighted by molar-refractivity contribution is -0.137. The summed E-state index contributed by atoms with van der Waals surface area (Å²) in [5.41, 5.74) is 5.45. The van der Waals surface area contributed by atoms with Crippen LogP contribution in [-0.4, -0.2) is 17.6 Å². The van der Waals surface area contributed by atoms with Gasteiger partial charge in [0.2, 0.25) is 0 Å². The number of hydrogen-bond acceptors (Lipinski definition) is 2. The molecule has 0 saturated carbocycles. The predicted molar refractivity (Wildman–Crippen MR) is 139 cm³/mol. The van der Waals surface area contributed by atoms with Gasteiger partial charge in [-0.2, -0.15) is 0 Å². The third-order valence-electron chi connectivity index (χ3n) is 6.05. The first-order chi connectivity index (χ1) is 15.2. The highest BCUT2D eigenvalue weighted by atomic mass is 16.4. The predicted octanol–water partition coefficient (Wildman–Crippen LogP) is 9.42. The Labute approximate surface area is 196 Å². The van der Waals surface area contributed by atoms with Gasteiger partial charge in [0, 0.05) is 6.42 Å². The molecule has 188 valence electrons. The van der Waals surface area contributed by atoms with Crippen LogP contribution in [0.4, 0.5) is 0 Å². The van der Waals surface area contributed by atoms with Crippen LogP contribution < -0.4 is 5.73 Å². The van der Waals surface area contributed by atoms with Crippen LogP contribution in [0.3, 0.4) is 0 Å². The highest BCUT2D eigenvalue weighted by Gasteiger charge is 1.96. The topological polar surface area (TPSA) is 63.3 Å². The molecule has 3 N–H and O–H groups in total. The minimum Gasteiger partial charge on any atom is -0.481 e. The van der Waals surface area contributed by atoms with Crippen molar-refractivity contribution in [3.8, 4) is 0 Å². The maximum atomic E-state index is 10.3. The highest BCUT2D eigenvalue weighted by Crippen LogP contribution is 2.12. The fourth-order valence-electron chi connectivity index (χ4n) is 3.93. The van der Waals surface area contributed by atoms with E-state index in [1.807, 2.05) is 0 Å². The van der Waals surface area contributed by atoms with Gasteiger partial charge in [-0.25, -0.2) is 0 Å². The van der Waals surface area contributed by atoms with E-state index in [9.17, 15) is 4.79 Å². The van der Waals surface area contributed by atoms with Crippen molar-refractivity contribution >= 4 is 5.97 Å². The number of carboxylic acids is 1. The molecular weight excluding hydrogens is 382 g/mol. The van der Waals surface area contributed by atoms with E-state index in [-0.39, 0.29) is 0 Å². The number of carbonyl (C=O) groups is 1. The van der Waals surface area contributed by atoms with Gasteiger partial charge in [0.05, 0.1) is 0 Å². The summed E-state index contributed by atoms with van der Waals surface area (Å²) >= 11 is 0. The second kappa shape index (κ2) is 31.6. The Morgan fingerprint density at radius 2 is 0.742 bits per heavy atom. The second-order valence-electron chi connectivity index (χ2n) is 9.36. The average molecular weight is 442 g/mol. The van der Waals surface area contributed by atoms with Crippen LogP contribution in [0.15, 0.2) is 0 Å². The molecule has 0 fully saturated rings. The molecule has 3 heteroatoms. The molecule has 0 aromatic heterocycles. The van der Waals surface area contributed by atoms with Crippen molar-refractivity contribution in [1.82, 2.24) is 0 Å². The molecule has 31 heavy (non-hydrogen) atoms. The van der Waals surface area contributed by atoms with Crippen LogP contribution in [0.2, 0.25) is 0 Å². The Balaban J connectivity index is 0. The number of aliphatic carboxylic acids is 1. The van der Waals surface area contributed by atoms with Gasteiger partial charge in [-0.3, -0.25) is 4.79 Å². The molecule has 3 nitrogen and oxygen atoms in total. The first-order valence-corrected chi connectivity index (χ1v) is 14.1. The van der Waals surface area contributed by atoms with Gasteiger partial charge in [-0.1, -0.05) is 149 Å². The van der Waals surface area contributed by atoms with E-state index in [0.717, 1.165) is 19.4 Å². The Bertz CT molecular complexity index is 308. The summed E-state index contributed by atoms with van der Waals surface area (Å²) < 4.78 is 0. The van der Waals surface area contributed by atoms with E-state index in [0.29, 0.717) is 6.42 Å². The smallest absolute Gasteiger partial charge is 0.303 e. The Hall–Kier alpha value is -0.570. The molecule has 0 spiro atoms. The van der Waals surface area contributed by atoms with Crippen molar-refractivity contribution in [3.63, 3.8) is 0 Å². The zero-order valence-corrected chi connectivity index (χ0v) is 21.6. The van der Waals surface area contributed by atoms with Gasteiger partial charge in [0.15, 0.2) is 0 Å². The average Bonchev–Trinajstić information content (AvgIpc) is 2.76. The van der Waals surface area contributed by atoms with Crippen molar-refractivity contribution in [2.24, 2.45) is 5.73 Å². The van der Waals surface area contributed by atoms with Crippen molar-refractivity contribution in [2.75, 3.05) is 6.54 Å².